The highest BCUT2D eigenvalue weighted by Gasteiger charge is 2.44. The van der Waals surface area contributed by atoms with E-state index in [1.54, 1.807) is 56.9 Å². The summed E-state index contributed by atoms with van der Waals surface area (Å²) in [7, 11) is 12.9. The minimum Gasteiger partial charge on any atom is -0.493 e. The summed E-state index contributed by atoms with van der Waals surface area (Å²) in [6, 6.07) is 22.9. The first kappa shape index (κ1) is 73.8. The van der Waals surface area contributed by atoms with Crippen LogP contribution in [0.4, 0.5) is 0 Å². The minimum absolute atomic E-state index is 0.0181. The highest BCUT2D eigenvalue weighted by molar-refractivity contribution is 5.79. The van der Waals surface area contributed by atoms with Crippen molar-refractivity contribution in [1.29, 1.82) is 0 Å². The molecule has 3 amide bonds. The van der Waals surface area contributed by atoms with Crippen LogP contribution in [0.3, 0.4) is 0 Å². The Morgan fingerprint density at radius 2 is 0.750 bits per heavy atom. The molecule has 20 nitrogen and oxygen atoms in total. The molecule has 96 heavy (non-hydrogen) atoms. The average molecular weight is 1330 g/mol. The fraction of sp³-hybridized carbons (Fsp3) is 0.566. The number of benzene rings is 5. The normalized spacial score (nSPS) is 16.0. The molecular formula is C76H107N5O15. The highest BCUT2D eigenvalue weighted by Crippen LogP contribution is 2.54. The predicted molar refractivity (Wildman–Crippen MR) is 373 cm³/mol. The zero-order valence-electron chi connectivity index (χ0n) is 59.6. The number of piperidine rings is 2. The number of hydrogen-bond donors (Lipinski definition) is 3. The van der Waals surface area contributed by atoms with Gasteiger partial charge in [-0.3, -0.25) is 14.4 Å². The molecule has 17 rings (SSSR count). The van der Waals surface area contributed by atoms with Crippen molar-refractivity contribution >= 4 is 17.7 Å². The highest BCUT2D eigenvalue weighted by atomic mass is 16.6. The van der Waals surface area contributed by atoms with Crippen LogP contribution in [0, 0.1) is 0 Å². The van der Waals surface area contributed by atoms with E-state index in [0.29, 0.717) is 179 Å². The van der Waals surface area contributed by atoms with E-state index in [0.717, 1.165) is 48.2 Å². The van der Waals surface area contributed by atoms with Gasteiger partial charge in [0.05, 0.1) is 83.3 Å². The third kappa shape index (κ3) is 17.6. The van der Waals surface area contributed by atoms with Gasteiger partial charge in [-0.2, -0.15) is 0 Å². The monoisotopic (exact) mass is 1330 g/mol. The molecule has 2 spiro atoms. The first-order valence-electron chi connectivity index (χ1n) is 34.1. The second-order valence-corrected chi connectivity index (χ2v) is 27.3. The Bertz CT molecular complexity index is 3140. The van der Waals surface area contributed by atoms with Crippen molar-refractivity contribution < 1.29 is 71.2 Å². The molecule has 0 atom stereocenters. The number of rotatable bonds is 20. The number of unbranched alkanes of at least 4 members (excludes halogenated alkanes) is 1. The van der Waals surface area contributed by atoms with Gasteiger partial charge in [0.2, 0.25) is 40.7 Å². The molecule has 5 aromatic carbocycles. The topological polar surface area (TPSA) is 219 Å². The van der Waals surface area contributed by atoms with Crippen molar-refractivity contribution in [1.82, 2.24) is 20.4 Å². The Morgan fingerprint density at radius 1 is 0.438 bits per heavy atom. The summed E-state index contributed by atoms with van der Waals surface area (Å²) in [4.78, 5) is 44.1. The molecule has 2 saturated heterocycles. The van der Waals surface area contributed by atoms with Crippen molar-refractivity contribution in [3.8, 4) is 69.0 Å². The van der Waals surface area contributed by atoms with Crippen LogP contribution in [0.5, 0.6) is 69.0 Å². The van der Waals surface area contributed by atoms with E-state index in [1.807, 2.05) is 58.3 Å². The van der Waals surface area contributed by atoms with Crippen LogP contribution in [-0.4, -0.2) is 157 Å². The Balaban J connectivity index is 0.998. The summed E-state index contributed by atoms with van der Waals surface area (Å²) >= 11 is 0. The average Bonchev–Trinajstić information content (AvgIpc) is 0.753. The third-order valence-electron chi connectivity index (χ3n) is 19.1. The summed E-state index contributed by atoms with van der Waals surface area (Å²) in [5.41, 5.74) is 12.1. The first-order valence-corrected chi connectivity index (χ1v) is 34.1. The molecule has 12 heterocycles. The quantitative estimate of drug-likeness (QED) is 0.0617. The summed E-state index contributed by atoms with van der Waals surface area (Å²) in [5, 5.41) is 6.60. The second kappa shape index (κ2) is 33.8. The zero-order chi connectivity index (χ0) is 69.2. The maximum absolute atomic E-state index is 14.1. The lowest BCUT2D eigenvalue weighted by Gasteiger charge is -2.43. The molecule has 2 fully saturated rings. The van der Waals surface area contributed by atoms with Gasteiger partial charge in [0.1, 0.15) is 0 Å². The number of ether oxygens (including phenoxy) is 12. The summed E-state index contributed by atoms with van der Waals surface area (Å²) in [5.74, 6) is 5.68. The van der Waals surface area contributed by atoms with Gasteiger partial charge in [0, 0.05) is 75.9 Å². The maximum atomic E-state index is 14.1. The smallest absolute Gasteiger partial charge is 0.224 e. The van der Waals surface area contributed by atoms with Gasteiger partial charge in [-0.05, 0) is 169 Å². The van der Waals surface area contributed by atoms with Gasteiger partial charge in [-0.25, -0.2) is 0 Å². The molecule has 12 aliphatic heterocycles. The predicted octanol–water partition coefficient (Wildman–Crippen LogP) is 11.8. The van der Waals surface area contributed by atoms with E-state index < -0.39 is 10.8 Å². The number of carbonyl (C=O) groups excluding carboxylic acids is 3. The van der Waals surface area contributed by atoms with Gasteiger partial charge >= 0.3 is 0 Å². The zero-order valence-corrected chi connectivity index (χ0v) is 59.6. The molecule has 12 aliphatic rings. The van der Waals surface area contributed by atoms with Gasteiger partial charge in [0.25, 0.3) is 0 Å². The molecular weight excluding hydrogens is 1220 g/mol. The third-order valence-corrected chi connectivity index (χ3v) is 19.1. The number of likely N-dealkylation sites (tertiary alicyclic amines) is 2. The molecule has 4 N–H and O–H groups in total. The number of nitrogens with one attached hydrogen (secondary N) is 2. The SMILES string of the molecule is COc1cc2cc(OC)c1OCCCCOc1c(OC)cc(cc1OC)C1(CCN(C(=O)CCNC(=O)CCCCNCc3cc(C(C)(C)C)cc(C(C)(C)C)c3)CC1)c1cc(OC)c(c(OC)c1)OCCCCOc1c(OC)cc(cc1OC)C21CCN(C(=O)CCN)CC1. The Morgan fingerprint density at radius 3 is 1.04 bits per heavy atom. The molecule has 0 aliphatic carbocycles. The van der Waals surface area contributed by atoms with E-state index in [-0.39, 0.29) is 54.5 Å². The largest absolute Gasteiger partial charge is 0.493 e. The van der Waals surface area contributed by atoms with Crippen molar-refractivity contribution in [2.45, 2.75) is 153 Å². The number of amides is 3. The van der Waals surface area contributed by atoms with E-state index >= 15 is 0 Å². The van der Waals surface area contributed by atoms with Crippen LogP contribution in [0.15, 0.2) is 66.7 Å². The lowest BCUT2D eigenvalue weighted by Crippen LogP contribution is -2.46. The Labute approximate surface area is 569 Å². The molecule has 0 aromatic heterocycles. The molecule has 0 saturated carbocycles. The van der Waals surface area contributed by atoms with Crippen LogP contribution < -0.4 is 73.2 Å². The van der Waals surface area contributed by atoms with Crippen LogP contribution in [0.1, 0.15) is 164 Å². The number of nitrogens with zero attached hydrogens (tertiary/aromatic N) is 2. The fourth-order valence-corrected chi connectivity index (χ4v) is 13.3. The molecule has 8 bridgehead atoms. The summed E-state index contributed by atoms with van der Waals surface area (Å²) in [6.45, 7) is 18.7. The summed E-state index contributed by atoms with van der Waals surface area (Å²) in [6.07, 6.45) is 7.06. The fourth-order valence-electron chi connectivity index (χ4n) is 13.3. The van der Waals surface area contributed by atoms with E-state index in [2.05, 4.69) is 70.4 Å². The van der Waals surface area contributed by atoms with E-state index in [4.69, 9.17) is 62.6 Å². The Hall–Kier alpha value is -7.97. The van der Waals surface area contributed by atoms with Crippen LogP contribution >= 0.6 is 0 Å². The van der Waals surface area contributed by atoms with Crippen molar-refractivity contribution in [2.24, 2.45) is 5.73 Å². The molecule has 0 unspecified atom stereocenters. The molecule has 0 radical (unpaired) electrons. The molecule has 526 valence electrons. The number of carbonyl (C=O) groups is 3. The van der Waals surface area contributed by atoms with Crippen molar-refractivity contribution in [3.63, 3.8) is 0 Å². The standard InChI is InChI=1S/C76H107N5O15/c1-73(2,3)52-39-51(40-53(41-52)74(4,5)6)50-78-29-16-15-21-66(82)79-30-23-68(84)81-33-26-76(27-34-81)56-46-62(89-11)71(63(47-56)90-12)95-37-19-17-35-93-69-58(85-7)42-54(43-59(69)86-8)75(24-31-80(32-25-75)67(83)22-28-77)55-44-60(87-9)70(61(45-55)88-10)94-36-18-20-38-96-72-64(91-13)48-57(76)49-65(72)92-14/h39-49,78H,15-38,50,77H2,1-14H3,(H,79,82). The van der Waals surface area contributed by atoms with Crippen LogP contribution in [-0.2, 0) is 42.6 Å². The summed E-state index contributed by atoms with van der Waals surface area (Å²) < 4.78 is 75.0. The van der Waals surface area contributed by atoms with Gasteiger partial charge in [0.15, 0.2) is 46.0 Å². The number of nitrogens with two attached hydrogens (primary N) is 1. The number of hydrogen-bond acceptors (Lipinski definition) is 17. The molecule has 5 aromatic rings. The van der Waals surface area contributed by atoms with Crippen molar-refractivity contribution in [2.75, 3.05) is 129 Å². The van der Waals surface area contributed by atoms with Gasteiger partial charge < -0.3 is 83.0 Å². The maximum Gasteiger partial charge on any atom is 0.224 e. The van der Waals surface area contributed by atoms with E-state index in [9.17, 15) is 14.4 Å². The number of methoxy groups -OCH3 is 8. The van der Waals surface area contributed by atoms with Gasteiger partial charge in [-0.1, -0.05) is 59.7 Å². The minimum atomic E-state index is -0.720. The molecule has 20 heteroatoms. The lowest BCUT2D eigenvalue weighted by atomic mass is 9.67. The van der Waals surface area contributed by atoms with E-state index in [1.165, 1.54) is 16.7 Å². The lowest BCUT2D eigenvalue weighted by molar-refractivity contribution is -0.133. The van der Waals surface area contributed by atoms with Crippen LogP contribution in [0.2, 0.25) is 0 Å². The van der Waals surface area contributed by atoms with Crippen molar-refractivity contribution in [3.05, 3.63) is 106 Å². The second-order valence-electron chi connectivity index (χ2n) is 27.3. The Kier molecular flexibility index (Phi) is 26.0. The first-order chi connectivity index (χ1) is 46.1. The van der Waals surface area contributed by atoms with Crippen LogP contribution in [0.25, 0.3) is 0 Å². The van der Waals surface area contributed by atoms with Gasteiger partial charge in [-0.15, -0.1) is 0 Å².